The summed E-state index contributed by atoms with van der Waals surface area (Å²) >= 11 is 5.32. The first kappa shape index (κ1) is 17.4. The Morgan fingerprint density at radius 3 is 2.48 bits per heavy atom. The van der Waals surface area contributed by atoms with Gasteiger partial charge < -0.3 is 10.6 Å². The molecule has 1 unspecified atom stereocenters. The molecule has 0 radical (unpaired) electrons. The zero-order valence-corrected chi connectivity index (χ0v) is 14.6. The van der Waals surface area contributed by atoms with Crippen molar-refractivity contribution in [3.63, 3.8) is 0 Å². The minimum Gasteiger partial charge on any atom is -0.356 e. The molecule has 0 aliphatic rings. The number of hydrogen-bond donors (Lipinski definition) is 2. The first-order valence-electron chi connectivity index (χ1n) is 7.17. The number of thiocarbonyl (C=S) groups is 1. The summed E-state index contributed by atoms with van der Waals surface area (Å²) in [5.74, 6) is 0. The maximum atomic E-state index is 11.5. The fourth-order valence-electron chi connectivity index (χ4n) is 2.13. The molecular weight excluding hydrogens is 330 g/mol. The molecule has 0 aliphatic heterocycles. The third-order valence-electron chi connectivity index (χ3n) is 3.34. The summed E-state index contributed by atoms with van der Waals surface area (Å²) in [5, 5.41) is 6.80. The number of rotatable bonds is 5. The molecule has 0 saturated carbocycles. The molecule has 122 valence electrons. The standard InChI is InChI=1S/C16H19N3O2S2/c1-3-15(12-6-8-14(9-7-12)23(2,20)21)19-16(22)18-13-5-4-10-17-11-13/h4-11,15H,3H2,1-2H3,(H2,18,19,22). The maximum Gasteiger partial charge on any atom is 0.175 e. The van der Waals surface area contributed by atoms with Gasteiger partial charge in [-0.05, 0) is 48.5 Å². The largest absolute Gasteiger partial charge is 0.356 e. The second-order valence-corrected chi connectivity index (χ2v) is 7.57. The lowest BCUT2D eigenvalue weighted by molar-refractivity contribution is 0.601. The van der Waals surface area contributed by atoms with E-state index in [0.717, 1.165) is 17.7 Å². The van der Waals surface area contributed by atoms with Crippen molar-refractivity contribution in [2.45, 2.75) is 24.3 Å². The van der Waals surface area contributed by atoms with Crippen LogP contribution in [0.4, 0.5) is 5.69 Å². The van der Waals surface area contributed by atoms with Crippen LogP contribution in [0.5, 0.6) is 0 Å². The van der Waals surface area contributed by atoms with E-state index in [1.807, 2.05) is 31.2 Å². The van der Waals surface area contributed by atoms with Crippen molar-refractivity contribution in [2.75, 3.05) is 11.6 Å². The Bertz CT molecular complexity index is 760. The van der Waals surface area contributed by atoms with Gasteiger partial charge in [-0.25, -0.2) is 8.42 Å². The number of aromatic nitrogens is 1. The van der Waals surface area contributed by atoms with Crippen molar-refractivity contribution >= 4 is 32.9 Å². The number of nitrogens with one attached hydrogen (secondary N) is 2. The number of pyridine rings is 1. The Morgan fingerprint density at radius 2 is 1.96 bits per heavy atom. The van der Waals surface area contributed by atoms with Crippen molar-refractivity contribution in [2.24, 2.45) is 0 Å². The topological polar surface area (TPSA) is 71.1 Å². The molecule has 1 heterocycles. The van der Waals surface area contributed by atoms with Gasteiger partial charge in [0.1, 0.15) is 0 Å². The molecule has 23 heavy (non-hydrogen) atoms. The Balaban J connectivity index is 2.06. The molecule has 2 N–H and O–H groups in total. The van der Waals surface area contributed by atoms with Crippen LogP contribution in [0.2, 0.25) is 0 Å². The molecule has 0 amide bonds. The van der Waals surface area contributed by atoms with Crippen molar-refractivity contribution < 1.29 is 8.42 Å². The van der Waals surface area contributed by atoms with E-state index in [4.69, 9.17) is 12.2 Å². The van der Waals surface area contributed by atoms with E-state index in [2.05, 4.69) is 15.6 Å². The number of sulfone groups is 1. The lowest BCUT2D eigenvalue weighted by Gasteiger charge is -2.20. The number of hydrogen-bond acceptors (Lipinski definition) is 4. The average Bonchev–Trinajstić information content (AvgIpc) is 2.53. The molecule has 5 nitrogen and oxygen atoms in total. The maximum absolute atomic E-state index is 11.5. The molecule has 0 fully saturated rings. The highest BCUT2D eigenvalue weighted by Crippen LogP contribution is 2.19. The summed E-state index contributed by atoms with van der Waals surface area (Å²) < 4.78 is 23.0. The van der Waals surface area contributed by atoms with Gasteiger partial charge in [0.05, 0.1) is 22.8 Å². The number of nitrogens with zero attached hydrogens (tertiary/aromatic N) is 1. The van der Waals surface area contributed by atoms with E-state index in [0.29, 0.717) is 10.0 Å². The predicted octanol–water partition coefficient (Wildman–Crippen LogP) is 2.92. The van der Waals surface area contributed by atoms with Gasteiger partial charge in [0.15, 0.2) is 14.9 Å². The van der Waals surface area contributed by atoms with Crippen molar-refractivity contribution in [1.29, 1.82) is 0 Å². The van der Waals surface area contributed by atoms with Gasteiger partial charge in [-0.2, -0.15) is 0 Å². The van der Waals surface area contributed by atoms with Crippen LogP contribution in [0.25, 0.3) is 0 Å². The van der Waals surface area contributed by atoms with Crippen LogP contribution in [0.3, 0.4) is 0 Å². The van der Waals surface area contributed by atoms with Gasteiger partial charge in [0, 0.05) is 12.5 Å². The normalized spacial score (nSPS) is 12.4. The fraction of sp³-hybridized carbons (Fsp3) is 0.250. The second kappa shape index (κ2) is 7.52. The molecule has 0 bridgehead atoms. The highest BCUT2D eigenvalue weighted by Gasteiger charge is 2.13. The van der Waals surface area contributed by atoms with Crippen molar-refractivity contribution in [1.82, 2.24) is 10.3 Å². The van der Waals surface area contributed by atoms with E-state index in [-0.39, 0.29) is 6.04 Å². The van der Waals surface area contributed by atoms with Crippen LogP contribution in [0, 0.1) is 0 Å². The molecule has 1 aromatic carbocycles. The van der Waals surface area contributed by atoms with Gasteiger partial charge in [0.25, 0.3) is 0 Å². The first-order chi connectivity index (χ1) is 10.9. The van der Waals surface area contributed by atoms with Gasteiger partial charge in [-0.3, -0.25) is 4.98 Å². The minimum absolute atomic E-state index is 0.000261. The highest BCUT2D eigenvalue weighted by molar-refractivity contribution is 7.90. The van der Waals surface area contributed by atoms with E-state index in [1.165, 1.54) is 6.26 Å². The van der Waals surface area contributed by atoms with Crippen LogP contribution in [-0.2, 0) is 9.84 Å². The summed E-state index contributed by atoms with van der Waals surface area (Å²) in [6, 6.07) is 10.6. The number of anilines is 1. The van der Waals surface area contributed by atoms with Crippen LogP contribution in [-0.4, -0.2) is 24.8 Å². The summed E-state index contributed by atoms with van der Waals surface area (Å²) in [6.45, 7) is 2.04. The second-order valence-electron chi connectivity index (χ2n) is 5.14. The fourth-order valence-corrected chi connectivity index (χ4v) is 3.02. The smallest absolute Gasteiger partial charge is 0.175 e. The average molecular weight is 349 g/mol. The molecule has 7 heteroatoms. The molecule has 1 atom stereocenters. The van der Waals surface area contributed by atoms with Gasteiger partial charge >= 0.3 is 0 Å². The third-order valence-corrected chi connectivity index (χ3v) is 4.69. The minimum atomic E-state index is -3.18. The van der Waals surface area contributed by atoms with Crippen molar-refractivity contribution in [3.8, 4) is 0 Å². The zero-order chi connectivity index (χ0) is 16.9. The van der Waals surface area contributed by atoms with Gasteiger partial charge in [-0.1, -0.05) is 19.1 Å². The highest BCUT2D eigenvalue weighted by atomic mass is 32.2. The SMILES string of the molecule is CCC(NC(=S)Nc1cccnc1)c1ccc(S(C)(=O)=O)cc1. The van der Waals surface area contributed by atoms with E-state index in [9.17, 15) is 8.42 Å². The number of benzene rings is 1. The van der Waals surface area contributed by atoms with Crippen LogP contribution >= 0.6 is 12.2 Å². The summed E-state index contributed by atoms with van der Waals surface area (Å²) in [5.41, 5.74) is 1.79. The Kier molecular flexibility index (Phi) is 5.68. The first-order valence-corrected chi connectivity index (χ1v) is 9.47. The van der Waals surface area contributed by atoms with E-state index in [1.54, 1.807) is 24.5 Å². The summed E-state index contributed by atoms with van der Waals surface area (Å²) in [4.78, 5) is 4.33. The lowest BCUT2D eigenvalue weighted by atomic mass is 10.1. The Hall–Kier alpha value is -1.99. The van der Waals surface area contributed by atoms with E-state index < -0.39 is 9.84 Å². The van der Waals surface area contributed by atoms with Crippen LogP contribution < -0.4 is 10.6 Å². The molecular formula is C16H19N3O2S2. The molecule has 0 spiro atoms. The molecule has 0 saturated heterocycles. The quantitative estimate of drug-likeness (QED) is 0.809. The van der Waals surface area contributed by atoms with Gasteiger partial charge in [-0.15, -0.1) is 0 Å². The molecule has 2 rings (SSSR count). The summed E-state index contributed by atoms with van der Waals surface area (Å²) in [7, 11) is -3.18. The lowest BCUT2D eigenvalue weighted by Crippen LogP contribution is -2.32. The monoisotopic (exact) mass is 349 g/mol. The van der Waals surface area contributed by atoms with Crippen LogP contribution in [0.1, 0.15) is 24.9 Å². The Morgan fingerprint density at radius 1 is 1.26 bits per heavy atom. The predicted molar refractivity (Wildman–Crippen MR) is 96.2 cm³/mol. The third kappa shape index (κ3) is 5.01. The molecule has 0 aliphatic carbocycles. The van der Waals surface area contributed by atoms with E-state index >= 15 is 0 Å². The van der Waals surface area contributed by atoms with Crippen LogP contribution in [0.15, 0.2) is 53.7 Å². The molecule has 2 aromatic rings. The Labute approximate surface area is 142 Å². The molecule has 1 aromatic heterocycles. The van der Waals surface area contributed by atoms with Crippen molar-refractivity contribution in [3.05, 3.63) is 54.4 Å². The summed E-state index contributed by atoms with van der Waals surface area (Å²) in [6.07, 6.45) is 5.40. The zero-order valence-electron chi connectivity index (χ0n) is 13.0. The van der Waals surface area contributed by atoms with Gasteiger partial charge in [0.2, 0.25) is 0 Å².